The van der Waals surface area contributed by atoms with E-state index in [1.54, 1.807) is 9.80 Å². The fourth-order valence-electron chi connectivity index (χ4n) is 3.35. The van der Waals surface area contributed by atoms with Gasteiger partial charge in [-0.25, -0.2) is 4.39 Å². The first-order valence-corrected chi connectivity index (χ1v) is 8.28. The molecule has 2 heterocycles. The van der Waals surface area contributed by atoms with Gasteiger partial charge >= 0.3 is 0 Å². The Balaban J connectivity index is 1.70. The van der Waals surface area contributed by atoms with Crippen LogP contribution in [-0.4, -0.2) is 54.2 Å². The third-order valence-corrected chi connectivity index (χ3v) is 4.79. The second-order valence-electron chi connectivity index (χ2n) is 7.05. The number of morpholine rings is 1. The number of hydrogen-bond donors (Lipinski definition) is 0. The van der Waals surface area contributed by atoms with Gasteiger partial charge in [0.1, 0.15) is 6.61 Å². The average molecular weight is 334 g/mol. The fraction of sp³-hybridized carbons (Fsp3) is 0.556. The topological polar surface area (TPSA) is 49.9 Å². The molecule has 1 aromatic rings. The Labute approximate surface area is 141 Å². The summed E-state index contributed by atoms with van der Waals surface area (Å²) < 4.78 is 19.7. The van der Waals surface area contributed by atoms with Crippen LogP contribution >= 0.6 is 0 Å². The largest absolute Gasteiger partial charge is 0.363 e. The van der Waals surface area contributed by atoms with Crippen LogP contribution in [0.2, 0.25) is 0 Å². The number of amides is 2. The molecule has 1 aromatic carbocycles. The molecule has 1 spiro atoms. The van der Waals surface area contributed by atoms with Crippen molar-refractivity contribution in [2.75, 3.05) is 31.1 Å². The molecule has 0 N–H and O–H groups in total. The van der Waals surface area contributed by atoms with Gasteiger partial charge < -0.3 is 14.5 Å². The van der Waals surface area contributed by atoms with Crippen molar-refractivity contribution in [1.82, 2.24) is 4.90 Å². The summed E-state index contributed by atoms with van der Waals surface area (Å²) in [5.41, 5.74) is -1.46. The molecule has 6 heteroatoms. The summed E-state index contributed by atoms with van der Waals surface area (Å²) in [6.45, 7) is 3.97. The van der Waals surface area contributed by atoms with Crippen LogP contribution in [0.15, 0.2) is 30.3 Å². The van der Waals surface area contributed by atoms with E-state index in [4.69, 9.17) is 4.74 Å². The normalized spacial score (nSPS) is 21.2. The quantitative estimate of drug-likeness (QED) is 0.833. The van der Waals surface area contributed by atoms with Gasteiger partial charge in [0, 0.05) is 18.8 Å². The minimum Gasteiger partial charge on any atom is -0.363 e. The van der Waals surface area contributed by atoms with Crippen molar-refractivity contribution in [1.29, 1.82) is 0 Å². The molecule has 24 heavy (non-hydrogen) atoms. The van der Waals surface area contributed by atoms with Gasteiger partial charge in [0.15, 0.2) is 5.67 Å². The summed E-state index contributed by atoms with van der Waals surface area (Å²) in [5, 5.41) is 0. The Morgan fingerprint density at radius 3 is 2.42 bits per heavy atom. The summed E-state index contributed by atoms with van der Waals surface area (Å²) in [6, 6.07) is 9.51. The Hall–Kier alpha value is -1.95. The fourth-order valence-corrected chi connectivity index (χ4v) is 3.35. The molecule has 0 saturated carbocycles. The van der Waals surface area contributed by atoms with E-state index in [-0.39, 0.29) is 12.5 Å². The van der Waals surface area contributed by atoms with Crippen LogP contribution in [0, 0.1) is 0 Å². The Morgan fingerprint density at radius 1 is 1.21 bits per heavy atom. The van der Waals surface area contributed by atoms with Crippen LogP contribution in [0.25, 0.3) is 0 Å². The summed E-state index contributed by atoms with van der Waals surface area (Å²) in [6.07, 6.45) is 1.21. The lowest BCUT2D eigenvalue weighted by atomic mass is 9.88. The number of alkyl halides is 1. The standard InChI is InChI=1S/C18H23FN2O3/c1-17(2,19)16(23)20-10-8-18(9-11-20)13-21(15(22)12-24-18)14-6-4-3-5-7-14/h3-7H,8-13H2,1-2H3. The molecular weight excluding hydrogens is 311 g/mol. The zero-order valence-corrected chi connectivity index (χ0v) is 14.1. The van der Waals surface area contributed by atoms with Crippen LogP contribution in [-0.2, 0) is 14.3 Å². The van der Waals surface area contributed by atoms with Crippen molar-refractivity contribution in [3.05, 3.63) is 30.3 Å². The van der Waals surface area contributed by atoms with Crippen LogP contribution in [0.4, 0.5) is 10.1 Å². The number of hydrogen-bond acceptors (Lipinski definition) is 3. The van der Waals surface area contributed by atoms with Crippen molar-refractivity contribution in [2.45, 2.75) is 38.0 Å². The number of carbonyl (C=O) groups excluding carboxylic acids is 2. The lowest BCUT2D eigenvalue weighted by molar-refractivity contribution is -0.155. The van der Waals surface area contributed by atoms with E-state index in [1.807, 2.05) is 30.3 Å². The predicted molar refractivity (Wildman–Crippen MR) is 88.5 cm³/mol. The average Bonchev–Trinajstić information content (AvgIpc) is 2.57. The van der Waals surface area contributed by atoms with Crippen LogP contribution in [0.1, 0.15) is 26.7 Å². The van der Waals surface area contributed by atoms with E-state index in [9.17, 15) is 14.0 Å². The Morgan fingerprint density at radius 2 is 1.83 bits per heavy atom. The highest BCUT2D eigenvalue weighted by atomic mass is 19.1. The van der Waals surface area contributed by atoms with E-state index in [2.05, 4.69) is 0 Å². The molecule has 2 aliphatic rings. The molecular formula is C18H23FN2O3. The van der Waals surface area contributed by atoms with Crippen molar-refractivity contribution in [3.8, 4) is 0 Å². The third-order valence-electron chi connectivity index (χ3n) is 4.79. The summed E-state index contributed by atoms with van der Waals surface area (Å²) in [4.78, 5) is 27.6. The zero-order valence-electron chi connectivity index (χ0n) is 14.1. The summed E-state index contributed by atoms with van der Waals surface area (Å²) >= 11 is 0. The SMILES string of the molecule is CC(C)(F)C(=O)N1CCC2(CC1)CN(c1ccccc1)C(=O)CO2. The van der Waals surface area contributed by atoms with Gasteiger partial charge in [0.05, 0.1) is 12.1 Å². The number of piperidine rings is 1. The lowest BCUT2D eigenvalue weighted by Crippen LogP contribution is -2.60. The molecule has 0 radical (unpaired) electrons. The minimum atomic E-state index is -1.86. The first-order valence-electron chi connectivity index (χ1n) is 8.28. The number of ether oxygens (including phenoxy) is 1. The molecule has 2 saturated heterocycles. The maximum atomic E-state index is 13.9. The molecule has 0 bridgehead atoms. The maximum Gasteiger partial charge on any atom is 0.259 e. The molecule has 5 nitrogen and oxygen atoms in total. The van der Waals surface area contributed by atoms with Gasteiger partial charge in [-0.2, -0.15) is 0 Å². The van der Waals surface area contributed by atoms with Crippen molar-refractivity contribution < 1.29 is 18.7 Å². The highest BCUT2D eigenvalue weighted by molar-refractivity contribution is 5.95. The number of halogens is 1. The minimum absolute atomic E-state index is 0.0391. The third kappa shape index (κ3) is 3.29. The van der Waals surface area contributed by atoms with Gasteiger partial charge in [0.2, 0.25) is 0 Å². The van der Waals surface area contributed by atoms with E-state index >= 15 is 0 Å². The van der Waals surface area contributed by atoms with Crippen molar-refractivity contribution in [2.24, 2.45) is 0 Å². The van der Waals surface area contributed by atoms with Crippen molar-refractivity contribution >= 4 is 17.5 Å². The van der Waals surface area contributed by atoms with E-state index in [0.717, 1.165) is 5.69 Å². The lowest BCUT2D eigenvalue weighted by Gasteiger charge is -2.47. The highest BCUT2D eigenvalue weighted by Crippen LogP contribution is 2.33. The van der Waals surface area contributed by atoms with E-state index in [1.165, 1.54) is 13.8 Å². The molecule has 2 aliphatic heterocycles. The smallest absolute Gasteiger partial charge is 0.259 e. The Kier molecular flexibility index (Phi) is 4.34. The summed E-state index contributed by atoms with van der Waals surface area (Å²) in [5.74, 6) is -0.542. The molecule has 0 unspecified atom stereocenters. The molecule has 0 atom stereocenters. The van der Waals surface area contributed by atoms with Gasteiger partial charge in [-0.05, 0) is 38.8 Å². The second kappa shape index (κ2) is 6.16. The number of anilines is 1. The first-order chi connectivity index (χ1) is 11.3. The highest BCUT2D eigenvalue weighted by Gasteiger charge is 2.44. The maximum absolute atomic E-state index is 13.9. The Bertz CT molecular complexity index is 619. The van der Waals surface area contributed by atoms with E-state index in [0.29, 0.717) is 32.5 Å². The van der Waals surface area contributed by atoms with E-state index < -0.39 is 17.2 Å². The first kappa shape index (κ1) is 16.9. The van der Waals surface area contributed by atoms with Crippen LogP contribution in [0.5, 0.6) is 0 Å². The van der Waals surface area contributed by atoms with Gasteiger partial charge in [-0.3, -0.25) is 9.59 Å². The predicted octanol–water partition coefficient (Wildman–Crippen LogP) is 2.16. The number of para-hydroxylation sites is 1. The van der Waals surface area contributed by atoms with Gasteiger partial charge in [-0.1, -0.05) is 18.2 Å². The number of benzene rings is 1. The molecule has 0 aromatic heterocycles. The molecule has 130 valence electrons. The number of rotatable bonds is 2. The number of nitrogens with zero attached hydrogens (tertiary/aromatic N) is 2. The molecule has 3 rings (SSSR count). The molecule has 2 fully saturated rings. The molecule has 2 amide bonds. The van der Waals surface area contributed by atoms with Gasteiger partial charge in [0.25, 0.3) is 11.8 Å². The van der Waals surface area contributed by atoms with Gasteiger partial charge in [-0.15, -0.1) is 0 Å². The van der Waals surface area contributed by atoms with Crippen molar-refractivity contribution in [3.63, 3.8) is 0 Å². The zero-order chi connectivity index (χ0) is 17.4. The molecule has 0 aliphatic carbocycles. The monoisotopic (exact) mass is 334 g/mol. The van der Waals surface area contributed by atoms with Crippen LogP contribution in [0.3, 0.4) is 0 Å². The second-order valence-corrected chi connectivity index (χ2v) is 7.05. The number of likely N-dealkylation sites (tertiary alicyclic amines) is 1. The van der Waals surface area contributed by atoms with Crippen LogP contribution < -0.4 is 4.90 Å². The summed E-state index contributed by atoms with van der Waals surface area (Å²) in [7, 11) is 0. The number of carbonyl (C=O) groups is 2.